The molecule has 0 spiro atoms. The highest BCUT2D eigenvalue weighted by Gasteiger charge is 2.17. The first-order valence-electron chi connectivity index (χ1n) is 9.54. The lowest BCUT2D eigenvalue weighted by atomic mass is 9.99. The number of carbonyl (C=O) groups excluding carboxylic acids is 1. The molecule has 150 valence electrons. The van der Waals surface area contributed by atoms with E-state index >= 15 is 0 Å². The van der Waals surface area contributed by atoms with Crippen LogP contribution in [0.15, 0.2) is 36.4 Å². The fourth-order valence-electron chi connectivity index (χ4n) is 3.60. The molecule has 3 rings (SSSR count). The molecule has 1 aliphatic heterocycles. The Hall–Kier alpha value is -2.24. The van der Waals surface area contributed by atoms with Gasteiger partial charge >= 0.3 is 0 Å². The van der Waals surface area contributed by atoms with Gasteiger partial charge in [0.15, 0.2) is 0 Å². The molecule has 6 heteroatoms. The van der Waals surface area contributed by atoms with Gasteiger partial charge < -0.3 is 14.8 Å². The third-order valence-electron chi connectivity index (χ3n) is 5.09. The number of hydrogen-bond acceptors (Lipinski definition) is 4. The lowest BCUT2D eigenvalue weighted by Crippen LogP contribution is -2.33. The third kappa shape index (κ3) is 4.97. The smallest absolute Gasteiger partial charge is 0.255 e. The number of carbonyl (C=O) groups is 1. The standard InChI is InChI=1S/C22H27ClN2O3/c1-15-5-4-10-25(13-15)14-16-6-8-17(9-7-16)22(26)24-19-12-20(27-2)18(23)11-21(19)28-3/h6-9,11-12,15H,4-5,10,13-14H2,1-3H3,(H,24,26). The molecule has 1 unspecified atom stereocenters. The predicted molar refractivity (Wildman–Crippen MR) is 113 cm³/mol. The van der Waals surface area contributed by atoms with Gasteiger partial charge in [-0.25, -0.2) is 0 Å². The highest BCUT2D eigenvalue weighted by molar-refractivity contribution is 6.32. The molecule has 2 aromatic carbocycles. The lowest BCUT2D eigenvalue weighted by molar-refractivity contribution is 0.102. The van der Waals surface area contributed by atoms with E-state index in [0.29, 0.717) is 27.8 Å². The summed E-state index contributed by atoms with van der Waals surface area (Å²) in [5.74, 6) is 1.50. The van der Waals surface area contributed by atoms with Crippen LogP contribution in [0.1, 0.15) is 35.7 Å². The molecule has 1 fully saturated rings. The first-order valence-corrected chi connectivity index (χ1v) is 9.92. The summed E-state index contributed by atoms with van der Waals surface area (Å²) >= 11 is 6.12. The van der Waals surface area contributed by atoms with Gasteiger partial charge in [-0.2, -0.15) is 0 Å². The molecule has 1 aliphatic rings. The van der Waals surface area contributed by atoms with Crippen LogP contribution in [0, 0.1) is 5.92 Å². The summed E-state index contributed by atoms with van der Waals surface area (Å²) in [6.45, 7) is 5.51. The molecule has 28 heavy (non-hydrogen) atoms. The largest absolute Gasteiger partial charge is 0.495 e. The van der Waals surface area contributed by atoms with Crippen molar-refractivity contribution in [1.82, 2.24) is 4.90 Å². The van der Waals surface area contributed by atoms with Crippen LogP contribution in [0.5, 0.6) is 11.5 Å². The molecule has 1 heterocycles. The van der Waals surface area contributed by atoms with Gasteiger partial charge in [0.25, 0.3) is 5.91 Å². The third-order valence-corrected chi connectivity index (χ3v) is 5.38. The van der Waals surface area contributed by atoms with Crippen molar-refractivity contribution < 1.29 is 14.3 Å². The zero-order valence-corrected chi connectivity index (χ0v) is 17.4. The molecule has 1 atom stereocenters. The van der Waals surface area contributed by atoms with Crippen LogP contribution in [-0.4, -0.2) is 38.1 Å². The van der Waals surface area contributed by atoms with Gasteiger partial charge in [0.2, 0.25) is 0 Å². The van der Waals surface area contributed by atoms with Gasteiger partial charge in [-0.3, -0.25) is 9.69 Å². The highest BCUT2D eigenvalue weighted by Crippen LogP contribution is 2.36. The van der Waals surface area contributed by atoms with E-state index in [4.69, 9.17) is 21.1 Å². The van der Waals surface area contributed by atoms with Crippen LogP contribution in [0.2, 0.25) is 5.02 Å². The Balaban J connectivity index is 1.68. The van der Waals surface area contributed by atoms with Crippen molar-refractivity contribution in [2.75, 3.05) is 32.6 Å². The quantitative estimate of drug-likeness (QED) is 0.751. The van der Waals surface area contributed by atoms with E-state index in [2.05, 4.69) is 17.1 Å². The van der Waals surface area contributed by atoms with Crippen LogP contribution < -0.4 is 14.8 Å². The number of piperidine rings is 1. The minimum atomic E-state index is -0.208. The number of hydrogen-bond donors (Lipinski definition) is 1. The Morgan fingerprint density at radius 3 is 2.54 bits per heavy atom. The number of amides is 1. The SMILES string of the molecule is COc1cc(NC(=O)c2ccc(CN3CCCC(C)C3)cc2)c(OC)cc1Cl. The molecule has 5 nitrogen and oxygen atoms in total. The first-order chi connectivity index (χ1) is 13.5. The van der Waals surface area contributed by atoms with E-state index in [1.54, 1.807) is 12.1 Å². The number of nitrogens with one attached hydrogen (secondary N) is 1. The highest BCUT2D eigenvalue weighted by atomic mass is 35.5. The van der Waals surface area contributed by atoms with E-state index in [9.17, 15) is 4.79 Å². The molecule has 1 amide bonds. The maximum absolute atomic E-state index is 12.7. The van der Waals surface area contributed by atoms with Crippen molar-refractivity contribution in [1.29, 1.82) is 0 Å². The monoisotopic (exact) mass is 402 g/mol. The van der Waals surface area contributed by atoms with Crippen LogP contribution >= 0.6 is 11.6 Å². The van der Waals surface area contributed by atoms with Gasteiger partial charge in [0.05, 0.1) is 24.9 Å². The van der Waals surface area contributed by atoms with Gasteiger partial charge in [0.1, 0.15) is 11.5 Å². The Kier molecular flexibility index (Phi) is 6.81. The Bertz CT molecular complexity index is 823. The van der Waals surface area contributed by atoms with Gasteiger partial charge in [-0.1, -0.05) is 30.7 Å². The minimum Gasteiger partial charge on any atom is -0.495 e. The average molecular weight is 403 g/mol. The summed E-state index contributed by atoms with van der Waals surface area (Å²) in [5.41, 5.74) is 2.32. The Morgan fingerprint density at radius 1 is 1.18 bits per heavy atom. The van der Waals surface area contributed by atoms with Gasteiger partial charge in [-0.15, -0.1) is 0 Å². The van der Waals surface area contributed by atoms with Crippen LogP contribution in [-0.2, 0) is 6.54 Å². The Labute approximate surface area is 171 Å². The summed E-state index contributed by atoms with van der Waals surface area (Å²) in [4.78, 5) is 15.1. The van der Waals surface area contributed by atoms with Crippen molar-refractivity contribution >= 4 is 23.2 Å². The summed E-state index contributed by atoms with van der Waals surface area (Å²) in [6.07, 6.45) is 2.57. The number of halogens is 1. The molecule has 1 N–H and O–H groups in total. The lowest BCUT2D eigenvalue weighted by Gasteiger charge is -2.30. The number of anilines is 1. The maximum atomic E-state index is 12.7. The number of ether oxygens (including phenoxy) is 2. The number of methoxy groups -OCH3 is 2. The molecular formula is C22H27ClN2O3. The number of nitrogens with zero attached hydrogens (tertiary/aromatic N) is 1. The fourth-order valence-corrected chi connectivity index (χ4v) is 3.83. The first kappa shape index (κ1) is 20.5. The minimum absolute atomic E-state index is 0.208. The van der Waals surface area contributed by atoms with Crippen molar-refractivity contribution in [3.8, 4) is 11.5 Å². The van der Waals surface area contributed by atoms with Crippen molar-refractivity contribution in [3.63, 3.8) is 0 Å². The summed E-state index contributed by atoms with van der Waals surface area (Å²) < 4.78 is 10.5. The fraction of sp³-hybridized carbons (Fsp3) is 0.409. The molecule has 0 radical (unpaired) electrons. The van der Waals surface area contributed by atoms with Crippen LogP contribution in [0.4, 0.5) is 5.69 Å². The zero-order valence-electron chi connectivity index (χ0n) is 16.6. The zero-order chi connectivity index (χ0) is 20.1. The average Bonchev–Trinajstić information content (AvgIpc) is 2.69. The van der Waals surface area contributed by atoms with E-state index in [0.717, 1.165) is 25.6 Å². The topological polar surface area (TPSA) is 50.8 Å². The summed E-state index contributed by atoms with van der Waals surface area (Å²) in [6, 6.07) is 11.0. The molecule has 1 saturated heterocycles. The van der Waals surface area contributed by atoms with Crippen molar-refractivity contribution in [2.24, 2.45) is 5.92 Å². The molecule has 0 bridgehead atoms. The molecule has 0 saturated carbocycles. The predicted octanol–water partition coefficient (Wildman–Crippen LogP) is 4.84. The maximum Gasteiger partial charge on any atom is 0.255 e. The van der Waals surface area contributed by atoms with Crippen molar-refractivity contribution in [3.05, 3.63) is 52.5 Å². The number of benzene rings is 2. The molecule has 0 aliphatic carbocycles. The Morgan fingerprint density at radius 2 is 1.89 bits per heavy atom. The number of rotatable bonds is 6. The van der Waals surface area contributed by atoms with Gasteiger partial charge in [0, 0.05) is 30.8 Å². The summed E-state index contributed by atoms with van der Waals surface area (Å²) in [5, 5.41) is 3.30. The van der Waals surface area contributed by atoms with Crippen LogP contribution in [0.3, 0.4) is 0 Å². The second-order valence-electron chi connectivity index (χ2n) is 7.32. The van der Waals surface area contributed by atoms with Crippen molar-refractivity contribution in [2.45, 2.75) is 26.3 Å². The molecule has 2 aromatic rings. The van der Waals surface area contributed by atoms with Gasteiger partial charge in [-0.05, 0) is 43.0 Å². The van der Waals surface area contributed by atoms with E-state index in [1.165, 1.54) is 32.6 Å². The van der Waals surface area contributed by atoms with E-state index in [1.807, 2.05) is 24.3 Å². The van der Waals surface area contributed by atoms with Crippen LogP contribution in [0.25, 0.3) is 0 Å². The second kappa shape index (κ2) is 9.30. The second-order valence-corrected chi connectivity index (χ2v) is 7.73. The number of likely N-dealkylation sites (tertiary alicyclic amines) is 1. The normalized spacial score (nSPS) is 17.2. The molecule has 0 aromatic heterocycles. The molecular weight excluding hydrogens is 376 g/mol. The van der Waals surface area contributed by atoms with E-state index < -0.39 is 0 Å². The summed E-state index contributed by atoms with van der Waals surface area (Å²) in [7, 11) is 3.06. The van der Waals surface area contributed by atoms with E-state index in [-0.39, 0.29) is 5.91 Å².